The first-order chi connectivity index (χ1) is 7.57. The van der Waals surface area contributed by atoms with Crippen LogP contribution in [0.25, 0.3) is 11.4 Å². The van der Waals surface area contributed by atoms with Gasteiger partial charge in [0.15, 0.2) is 5.82 Å². The molecule has 0 fully saturated rings. The molecule has 0 aliphatic heterocycles. The van der Waals surface area contributed by atoms with E-state index in [-0.39, 0.29) is 5.41 Å². The molecule has 0 aliphatic rings. The van der Waals surface area contributed by atoms with Crippen LogP contribution in [0.1, 0.15) is 26.3 Å². The molecule has 0 spiro atoms. The van der Waals surface area contributed by atoms with Gasteiger partial charge in [-0.05, 0) is 23.1 Å². The van der Waals surface area contributed by atoms with Gasteiger partial charge in [-0.2, -0.15) is 0 Å². The zero-order valence-corrected chi connectivity index (χ0v) is 9.81. The normalized spacial score (nSPS) is 11.4. The molecule has 0 saturated carbocycles. The van der Waals surface area contributed by atoms with Crippen molar-refractivity contribution >= 4 is 0 Å². The Bertz CT molecular complexity index is 455. The second-order valence-corrected chi connectivity index (χ2v) is 4.79. The first kappa shape index (κ1) is 10.7. The van der Waals surface area contributed by atoms with Crippen molar-refractivity contribution in [3.63, 3.8) is 0 Å². The van der Waals surface area contributed by atoms with Crippen LogP contribution in [-0.4, -0.2) is 15.0 Å². The zero-order chi connectivity index (χ0) is 11.6. The Kier molecular flexibility index (Phi) is 2.69. The Hall–Kier alpha value is -1.77. The van der Waals surface area contributed by atoms with Gasteiger partial charge in [-0.1, -0.05) is 20.8 Å². The smallest absolute Gasteiger partial charge is 0.160 e. The molecule has 2 heterocycles. The third kappa shape index (κ3) is 2.24. The molecule has 0 unspecified atom stereocenters. The van der Waals surface area contributed by atoms with Crippen LogP contribution in [0.15, 0.2) is 36.9 Å². The second-order valence-electron chi connectivity index (χ2n) is 4.79. The van der Waals surface area contributed by atoms with Crippen LogP contribution in [-0.2, 0) is 5.41 Å². The van der Waals surface area contributed by atoms with Crippen molar-refractivity contribution in [1.29, 1.82) is 0 Å². The molecule has 16 heavy (non-hydrogen) atoms. The van der Waals surface area contributed by atoms with Crippen molar-refractivity contribution in [3.8, 4) is 11.4 Å². The number of pyridine rings is 1. The van der Waals surface area contributed by atoms with Crippen molar-refractivity contribution in [2.75, 3.05) is 0 Å². The highest BCUT2D eigenvalue weighted by atomic mass is 14.9. The number of hydrogen-bond donors (Lipinski definition) is 0. The molecule has 0 radical (unpaired) electrons. The molecule has 3 nitrogen and oxygen atoms in total. The predicted molar refractivity (Wildman–Crippen MR) is 64.0 cm³/mol. The van der Waals surface area contributed by atoms with E-state index in [1.807, 2.05) is 24.5 Å². The molecule has 0 atom stereocenters. The quantitative estimate of drug-likeness (QED) is 0.731. The van der Waals surface area contributed by atoms with Crippen molar-refractivity contribution in [2.45, 2.75) is 26.2 Å². The minimum Gasteiger partial charge on any atom is -0.264 e. The Morgan fingerprint density at radius 2 is 1.69 bits per heavy atom. The molecule has 3 heteroatoms. The van der Waals surface area contributed by atoms with Gasteiger partial charge >= 0.3 is 0 Å². The molecule has 0 bridgehead atoms. The van der Waals surface area contributed by atoms with Gasteiger partial charge in [0, 0.05) is 30.4 Å². The van der Waals surface area contributed by atoms with Crippen LogP contribution in [0.4, 0.5) is 0 Å². The molecule has 0 aliphatic carbocycles. The fraction of sp³-hybridized carbons (Fsp3) is 0.308. The van der Waals surface area contributed by atoms with Gasteiger partial charge in [-0.3, -0.25) is 4.98 Å². The van der Waals surface area contributed by atoms with Crippen LogP contribution in [0, 0.1) is 0 Å². The van der Waals surface area contributed by atoms with Gasteiger partial charge in [-0.25, -0.2) is 9.97 Å². The fourth-order valence-electron chi connectivity index (χ4n) is 1.36. The van der Waals surface area contributed by atoms with Crippen LogP contribution in [0.2, 0.25) is 0 Å². The maximum absolute atomic E-state index is 4.36. The van der Waals surface area contributed by atoms with Crippen molar-refractivity contribution in [1.82, 2.24) is 15.0 Å². The number of rotatable bonds is 1. The van der Waals surface area contributed by atoms with Gasteiger partial charge in [0.05, 0.1) is 0 Å². The Morgan fingerprint density at radius 3 is 2.19 bits per heavy atom. The number of nitrogens with zero attached hydrogens (tertiary/aromatic N) is 3. The van der Waals surface area contributed by atoms with Gasteiger partial charge in [-0.15, -0.1) is 0 Å². The first-order valence-corrected chi connectivity index (χ1v) is 5.30. The minimum absolute atomic E-state index is 0.0907. The third-order valence-corrected chi connectivity index (χ3v) is 2.44. The second kappa shape index (κ2) is 4.00. The molecule has 0 amide bonds. The topological polar surface area (TPSA) is 38.7 Å². The van der Waals surface area contributed by atoms with Crippen LogP contribution >= 0.6 is 0 Å². The maximum Gasteiger partial charge on any atom is 0.160 e. The summed E-state index contributed by atoms with van der Waals surface area (Å²) in [6, 6.07) is 3.84. The molecular formula is C13H15N3. The van der Waals surface area contributed by atoms with Crippen molar-refractivity contribution < 1.29 is 0 Å². The average Bonchev–Trinajstić information content (AvgIpc) is 2.29. The SMILES string of the molecule is CC(C)(C)c1cnc(-c2cccnc2)nc1. The average molecular weight is 213 g/mol. The molecule has 82 valence electrons. The van der Waals surface area contributed by atoms with Crippen LogP contribution in [0.3, 0.4) is 0 Å². The molecule has 2 aromatic heterocycles. The van der Waals surface area contributed by atoms with Crippen molar-refractivity contribution in [2.24, 2.45) is 0 Å². The predicted octanol–water partition coefficient (Wildman–Crippen LogP) is 2.84. The largest absolute Gasteiger partial charge is 0.264 e. The molecule has 2 aromatic rings. The lowest BCUT2D eigenvalue weighted by molar-refractivity contribution is 0.584. The van der Waals surface area contributed by atoms with E-state index in [1.54, 1.807) is 12.4 Å². The highest BCUT2D eigenvalue weighted by Gasteiger charge is 2.14. The van der Waals surface area contributed by atoms with E-state index in [1.165, 1.54) is 0 Å². The van der Waals surface area contributed by atoms with Crippen LogP contribution < -0.4 is 0 Å². The van der Waals surface area contributed by atoms with Gasteiger partial charge in [0.1, 0.15) is 0 Å². The van der Waals surface area contributed by atoms with E-state index in [0.717, 1.165) is 17.0 Å². The van der Waals surface area contributed by atoms with Gasteiger partial charge < -0.3 is 0 Å². The fourth-order valence-corrected chi connectivity index (χ4v) is 1.36. The standard InChI is InChI=1S/C13H15N3/c1-13(2,3)11-8-15-12(16-9-11)10-5-4-6-14-7-10/h4-9H,1-3H3. The third-order valence-electron chi connectivity index (χ3n) is 2.44. The van der Waals surface area contributed by atoms with E-state index in [0.29, 0.717) is 0 Å². The molecule has 0 saturated heterocycles. The highest BCUT2D eigenvalue weighted by molar-refractivity contribution is 5.52. The number of hydrogen-bond acceptors (Lipinski definition) is 3. The summed E-state index contributed by atoms with van der Waals surface area (Å²) in [5, 5.41) is 0. The molecular weight excluding hydrogens is 198 g/mol. The molecule has 2 rings (SSSR count). The highest BCUT2D eigenvalue weighted by Crippen LogP contribution is 2.21. The van der Waals surface area contributed by atoms with E-state index in [2.05, 4.69) is 35.7 Å². The lowest BCUT2D eigenvalue weighted by atomic mass is 9.89. The Labute approximate surface area is 95.6 Å². The molecule has 0 N–H and O–H groups in total. The van der Waals surface area contributed by atoms with Gasteiger partial charge in [0.25, 0.3) is 0 Å². The lowest BCUT2D eigenvalue weighted by Gasteiger charge is -2.17. The van der Waals surface area contributed by atoms with Crippen LogP contribution in [0.5, 0.6) is 0 Å². The van der Waals surface area contributed by atoms with E-state index in [9.17, 15) is 0 Å². The summed E-state index contributed by atoms with van der Waals surface area (Å²) in [4.78, 5) is 12.8. The zero-order valence-electron chi connectivity index (χ0n) is 9.81. The summed E-state index contributed by atoms with van der Waals surface area (Å²) < 4.78 is 0. The number of aromatic nitrogens is 3. The summed E-state index contributed by atoms with van der Waals surface area (Å²) in [6.45, 7) is 6.44. The Balaban J connectivity index is 2.34. The summed E-state index contributed by atoms with van der Waals surface area (Å²) >= 11 is 0. The Morgan fingerprint density at radius 1 is 1.00 bits per heavy atom. The summed E-state index contributed by atoms with van der Waals surface area (Å²) in [5.74, 6) is 0.723. The lowest BCUT2D eigenvalue weighted by Crippen LogP contribution is -2.12. The van der Waals surface area contributed by atoms with Gasteiger partial charge in [0.2, 0.25) is 0 Å². The summed E-state index contributed by atoms with van der Waals surface area (Å²) in [7, 11) is 0. The summed E-state index contributed by atoms with van der Waals surface area (Å²) in [6.07, 6.45) is 7.28. The van der Waals surface area contributed by atoms with E-state index in [4.69, 9.17) is 0 Å². The minimum atomic E-state index is 0.0907. The maximum atomic E-state index is 4.36. The monoisotopic (exact) mass is 213 g/mol. The van der Waals surface area contributed by atoms with E-state index >= 15 is 0 Å². The van der Waals surface area contributed by atoms with E-state index < -0.39 is 0 Å². The summed E-state index contributed by atoms with van der Waals surface area (Å²) in [5.41, 5.74) is 2.18. The van der Waals surface area contributed by atoms with Crippen molar-refractivity contribution in [3.05, 3.63) is 42.5 Å². The molecule has 0 aromatic carbocycles. The first-order valence-electron chi connectivity index (χ1n) is 5.30.